The summed E-state index contributed by atoms with van der Waals surface area (Å²) >= 11 is 0. The van der Waals surface area contributed by atoms with Crippen molar-refractivity contribution < 1.29 is 18.3 Å². The molecular formula is C14H16N2O4S. The van der Waals surface area contributed by atoms with Crippen molar-refractivity contribution in [1.82, 2.24) is 4.72 Å². The molecule has 0 fully saturated rings. The lowest BCUT2D eigenvalue weighted by molar-refractivity contribution is 0.281. The monoisotopic (exact) mass is 308 g/mol. The highest BCUT2D eigenvalue weighted by molar-refractivity contribution is 7.89. The Bertz CT molecular complexity index is 727. The van der Waals surface area contributed by atoms with Crippen LogP contribution in [0.15, 0.2) is 47.4 Å². The van der Waals surface area contributed by atoms with Gasteiger partial charge in [-0.2, -0.15) is 0 Å². The van der Waals surface area contributed by atoms with Crippen LogP contribution in [0.25, 0.3) is 0 Å². The second kappa shape index (κ2) is 6.13. The molecule has 0 amide bonds. The maximum Gasteiger partial charge on any atom is 0.240 e. The molecule has 0 bridgehead atoms. The van der Waals surface area contributed by atoms with Crippen molar-refractivity contribution in [3.05, 3.63) is 48.0 Å². The smallest absolute Gasteiger partial charge is 0.240 e. The third kappa shape index (κ3) is 3.52. The molecule has 0 aliphatic carbocycles. The number of hydrogen-bond donors (Lipinski definition) is 3. The third-order valence-electron chi connectivity index (χ3n) is 2.90. The fourth-order valence-electron chi connectivity index (χ4n) is 1.68. The molecular weight excluding hydrogens is 292 g/mol. The molecule has 0 unspecified atom stereocenters. The highest BCUT2D eigenvalue weighted by Gasteiger charge is 2.14. The topological polar surface area (TPSA) is 102 Å². The summed E-state index contributed by atoms with van der Waals surface area (Å²) < 4.78 is 31.4. The Balaban J connectivity index is 2.32. The van der Waals surface area contributed by atoms with Gasteiger partial charge in [-0.1, -0.05) is 12.1 Å². The van der Waals surface area contributed by atoms with Gasteiger partial charge in [0.15, 0.2) is 5.75 Å². The Kier molecular flexibility index (Phi) is 4.46. The molecule has 112 valence electrons. The van der Waals surface area contributed by atoms with Crippen LogP contribution in [0.4, 0.5) is 5.69 Å². The standard InChI is InChI=1S/C14H16N2O4S/c1-16-21(18,19)12-6-7-13(15)14(8-12)20-11-4-2-10(9-17)3-5-11/h2-8,16-17H,9,15H2,1H3. The molecule has 4 N–H and O–H groups in total. The first-order valence-electron chi connectivity index (χ1n) is 6.17. The van der Waals surface area contributed by atoms with Crippen LogP contribution < -0.4 is 15.2 Å². The first-order chi connectivity index (χ1) is 9.96. The number of ether oxygens (including phenoxy) is 1. The number of nitrogen functional groups attached to an aromatic ring is 1. The van der Waals surface area contributed by atoms with Crippen LogP contribution in [-0.2, 0) is 16.6 Å². The van der Waals surface area contributed by atoms with Gasteiger partial charge < -0.3 is 15.6 Å². The van der Waals surface area contributed by atoms with E-state index in [1.54, 1.807) is 24.3 Å². The Morgan fingerprint density at radius 2 is 1.86 bits per heavy atom. The summed E-state index contributed by atoms with van der Waals surface area (Å²) in [5.74, 6) is 0.751. The van der Waals surface area contributed by atoms with Gasteiger partial charge in [-0.3, -0.25) is 0 Å². The predicted octanol–water partition coefficient (Wildman–Crippen LogP) is 1.46. The van der Waals surface area contributed by atoms with Crippen LogP contribution in [-0.4, -0.2) is 20.6 Å². The zero-order valence-corrected chi connectivity index (χ0v) is 12.2. The third-order valence-corrected chi connectivity index (χ3v) is 4.31. The largest absolute Gasteiger partial charge is 0.455 e. The van der Waals surface area contributed by atoms with E-state index in [4.69, 9.17) is 15.6 Å². The number of sulfonamides is 1. The summed E-state index contributed by atoms with van der Waals surface area (Å²) in [7, 11) is -2.23. The van der Waals surface area contributed by atoms with Crippen molar-refractivity contribution in [2.75, 3.05) is 12.8 Å². The van der Waals surface area contributed by atoms with Crippen LogP contribution in [0.3, 0.4) is 0 Å². The number of aliphatic hydroxyl groups is 1. The zero-order chi connectivity index (χ0) is 15.5. The van der Waals surface area contributed by atoms with Gasteiger partial charge in [0.05, 0.1) is 17.2 Å². The van der Waals surface area contributed by atoms with E-state index < -0.39 is 10.0 Å². The second-order valence-electron chi connectivity index (χ2n) is 4.31. The van der Waals surface area contributed by atoms with E-state index in [-0.39, 0.29) is 17.3 Å². The number of benzene rings is 2. The lowest BCUT2D eigenvalue weighted by Crippen LogP contribution is -2.18. The zero-order valence-electron chi connectivity index (χ0n) is 11.4. The molecule has 2 aromatic carbocycles. The molecule has 7 heteroatoms. The van der Waals surface area contributed by atoms with Crippen LogP contribution >= 0.6 is 0 Å². The fraction of sp³-hybridized carbons (Fsp3) is 0.143. The molecule has 0 spiro atoms. The average Bonchev–Trinajstić information content (AvgIpc) is 2.50. The summed E-state index contributed by atoms with van der Waals surface area (Å²) in [5, 5.41) is 8.98. The fourth-order valence-corrected chi connectivity index (χ4v) is 2.42. The normalized spacial score (nSPS) is 11.3. The van der Waals surface area contributed by atoms with Gasteiger partial charge >= 0.3 is 0 Å². The average molecular weight is 308 g/mol. The number of nitrogens with two attached hydrogens (primary N) is 1. The Labute approximate surface area is 123 Å². The molecule has 21 heavy (non-hydrogen) atoms. The van der Waals surface area contributed by atoms with Gasteiger partial charge in [-0.15, -0.1) is 0 Å². The molecule has 0 heterocycles. The molecule has 0 saturated carbocycles. The van der Waals surface area contributed by atoms with Crippen LogP contribution in [0.5, 0.6) is 11.5 Å². The SMILES string of the molecule is CNS(=O)(=O)c1ccc(N)c(Oc2ccc(CO)cc2)c1. The molecule has 2 aromatic rings. The predicted molar refractivity (Wildman–Crippen MR) is 79.5 cm³/mol. The van der Waals surface area contributed by atoms with Crippen LogP contribution in [0.1, 0.15) is 5.56 Å². The van der Waals surface area contributed by atoms with Crippen molar-refractivity contribution in [3.63, 3.8) is 0 Å². The Hall–Kier alpha value is -2.09. The maximum absolute atomic E-state index is 11.8. The van der Waals surface area contributed by atoms with Gasteiger partial charge in [0.1, 0.15) is 5.75 Å². The lowest BCUT2D eigenvalue weighted by Gasteiger charge is -2.11. The van der Waals surface area contributed by atoms with E-state index in [0.29, 0.717) is 11.4 Å². The first kappa shape index (κ1) is 15.3. The second-order valence-corrected chi connectivity index (χ2v) is 6.20. The minimum atomic E-state index is -3.56. The van der Waals surface area contributed by atoms with E-state index in [0.717, 1.165) is 5.56 Å². The van der Waals surface area contributed by atoms with Crippen LogP contribution in [0, 0.1) is 0 Å². The summed E-state index contributed by atoms with van der Waals surface area (Å²) in [6.07, 6.45) is 0. The van der Waals surface area contributed by atoms with E-state index in [1.807, 2.05) is 0 Å². The summed E-state index contributed by atoms with van der Waals surface area (Å²) in [4.78, 5) is 0.0705. The molecule has 6 nitrogen and oxygen atoms in total. The minimum Gasteiger partial charge on any atom is -0.455 e. The van der Waals surface area contributed by atoms with Gasteiger partial charge in [0.2, 0.25) is 10.0 Å². The Morgan fingerprint density at radius 3 is 2.43 bits per heavy atom. The van der Waals surface area contributed by atoms with Gasteiger partial charge in [-0.05, 0) is 36.9 Å². The molecule has 0 aliphatic heterocycles. The molecule has 0 saturated heterocycles. The lowest BCUT2D eigenvalue weighted by atomic mass is 10.2. The maximum atomic E-state index is 11.8. The van der Waals surface area contributed by atoms with Gasteiger partial charge in [0.25, 0.3) is 0 Å². The molecule has 0 atom stereocenters. The minimum absolute atomic E-state index is 0.0572. The number of hydrogen-bond acceptors (Lipinski definition) is 5. The van der Waals surface area contributed by atoms with Crippen molar-refractivity contribution in [3.8, 4) is 11.5 Å². The summed E-state index contributed by atoms with van der Waals surface area (Å²) in [6, 6.07) is 11.0. The summed E-state index contributed by atoms with van der Waals surface area (Å²) in [5.41, 5.74) is 6.88. The first-order valence-corrected chi connectivity index (χ1v) is 7.65. The van der Waals surface area contributed by atoms with E-state index >= 15 is 0 Å². The van der Waals surface area contributed by atoms with E-state index in [9.17, 15) is 8.42 Å². The van der Waals surface area contributed by atoms with Crippen LogP contribution in [0.2, 0.25) is 0 Å². The number of aliphatic hydroxyl groups excluding tert-OH is 1. The van der Waals surface area contributed by atoms with E-state index in [2.05, 4.69) is 4.72 Å². The Morgan fingerprint density at radius 1 is 1.19 bits per heavy atom. The molecule has 2 rings (SSSR count). The highest BCUT2D eigenvalue weighted by Crippen LogP contribution is 2.30. The van der Waals surface area contributed by atoms with Crippen molar-refractivity contribution in [2.24, 2.45) is 0 Å². The molecule has 0 aromatic heterocycles. The number of anilines is 1. The molecule has 0 radical (unpaired) electrons. The van der Waals surface area contributed by atoms with Crippen molar-refractivity contribution in [1.29, 1.82) is 0 Å². The van der Waals surface area contributed by atoms with E-state index in [1.165, 1.54) is 25.2 Å². The number of rotatable bonds is 5. The quantitative estimate of drug-likeness (QED) is 0.726. The number of nitrogens with one attached hydrogen (secondary N) is 1. The summed E-state index contributed by atoms with van der Waals surface area (Å²) in [6.45, 7) is -0.0572. The van der Waals surface area contributed by atoms with Gasteiger partial charge in [0, 0.05) is 6.07 Å². The van der Waals surface area contributed by atoms with Crippen molar-refractivity contribution in [2.45, 2.75) is 11.5 Å². The van der Waals surface area contributed by atoms with Gasteiger partial charge in [-0.25, -0.2) is 13.1 Å². The highest BCUT2D eigenvalue weighted by atomic mass is 32.2. The van der Waals surface area contributed by atoms with Crippen molar-refractivity contribution >= 4 is 15.7 Å². The molecule has 0 aliphatic rings.